The minimum absolute atomic E-state index is 0.213. The van der Waals surface area contributed by atoms with Crippen molar-refractivity contribution in [1.29, 1.82) is 0 Å². The van der Waals surface area contributed by atoms with E-state index < -0.39 is 17.7 Å². The van der Waals surface area contributed by atoms with Crippen LogP contribution < -0.4 is 9.64 Å². The SMILES string of the molecule is C=CCOC1(C)CCN(c2c([C@H](OC(C)(C)C)C(=O)OCC)c(C)nc3cc(-c4cccc(-c5ccc(F)cc5O[C@@H](C)C=C)c4)nn23)CC1. The molecule has 0 bridgehead atoms. The van der Waals surface area contributed by atoms with Crippen molar-refractivity contribution >= 4 is 17.4 Å². The maximum Gasteiger partial charge on any atom is 0.340 e. The largest absolute Gasteiger partial charge is 0.486 e. The Morgan fingerprint density at radius 1 is 1.10 bits per heavy atom. The zero-order valence-corrected chi connectivity index (χ0v) is 30.3. The Morgan fingerprint density at radius 3 is 2.48 bits per heavy atom. The van der Waals surface area contributed by atoms with E-state index in [0.717, 1.165) is 35.3 Å². The number of fused-ring (bicyclic) bond motifs is 1. The fourth-order valence-corrected chi connectivity index (χ4v) is 6.19. The molecular weight excluding hydrogens is 635 g/mol. The van der Waals surface area contributed by atoms with Crippen molar-refractivity contribution in [3.63, 3.8) is 0 Å². The van der Waals surface area contributed by atoms with E-state index in [-0.39, 0.29) is 24.1 Å². The van der Waals surface area contributed by atoms with E-state index in [4.69, 9.17) is 29.0 Å². The van der Waals surface area contributed by atoms with Gasteiger partial charge >= 0.3 is 5.97 Å². The van der Waals surface area contributed by atoms with Gasteiger partial charge in [-0.25, -0.2) is 14.2 Å². The fraction of sp³-hybridized carbons (Fsp3) is 0.425. The molecule has 1 aliphatic rings. The Morgan fingerprint density at radius 2 is 1.82 bits per heavy atom. The Hall–Kier alpha value is -4.54. The molecule has 2 aromatic carbocycles. The third-order valence-corrected chi connectivity index (χ3v) is 8.77. The number of benzene rings is 2. The first-order valence-electron chi connectivity index (χ1n) is 17.2. The van der Waals surface area contributed by atoms with Crippen LogP contribution in [-0.2, 0) is 19.0 Å². The quantitative estimate of drug-likeness (QED) is 0.102. The van der Waals surface area contributed by atoms with Gasteiger partial charge < -0.3 is 23.8 Å². The minimum Gasteiger partial charge on any atom is -0.486 e. The van der Waals surface area contributed by atoms with Crippen LogP contribution in [0, 0.1) is 12.7 Å². The fourth-order valence-electron chi connectivity index (χ4n) is 6.19. The van der Waals surface area contributed by atoms with Gasteiger partial charge in [0.2, 0.25) is 0 Å². The first-order valence-corrected chi connectivity index (χ1v) is 17.2. The second-order valence-electron chi connectivity index (χ2n) is 13.9. The van der Waals surface area contributed by atoms with Crippen LogP contribution in [0.25, 0.3) is 28.0 Å². The van der Waals surface area contributed by atoms with Gasteiger partial charge in [-0.05, 0) is 85.1 Å². The zero-order chi connectivity index (χ0) is 36.2. The predicted octanol–water partition coefficient (Wildman–Crippen LogP) is 8.44. The van der Waals surface area contributed by atoms with Gasteiger partial charge in [0.05, 0.1) is 35.7 Å². The van der Waals surface area contributed by atoms with Crippen molar-refractivity contribution in [2.75, 3.05) is 31.2 Å². The number of carbonyl (C=O) groups is 1. The van der Waals surface area contributed by atoms with Gasteiger partial charge in [-0.1, -0.05) is 36.9 Å². The number of nitrogens with zero attached hydrogens (tertiary/aromatic N) is 4. The normalized spacial score (nSPS) is 15.8. The Kier molecular flexibility index (Phi) is 11.1. The summed E-state index contributed by atoms with van der Waals surface area (Å²) in [6.07, 6.45) is 3.62. The van der Waals surface area contributed by atoms with Gasteiger partial charge in [0.25, 0.3) is 0 Å². The third kappa shape index (κ3) is 8.25. The molecular formula is C40H49FN4O5. The van der Waals surface area contributed by atoms with E-state index in [0.29, 0.717) is 48.0 Å². The summed E-state index contributed by atoms with van der Waals surface area (Å²) in [5.41, 5.74) is 4.03. The molecule has 1 saturated heterocycles. The summed E-state index contributed by atoms with van der Waals surface area (Å²) in [5, 5.41) is 5.12. The summed E-state index contributed by atoms with van der Waals surface area (Å²) in [7, 11) is 0. The lowest BCUT2D eigenvalue weighted by Gasteiger charge is -2.41. The number of halogens is 1. The number of esters is 1. The smallest absolute Gasteiger partial charge is 0.340 e. The first-order chi connectivity index (χ1) is 23.8. The van der Waals surface area contributed by atoms with Gasteiger partial charge in [-0.15, -0.1) is 6.58 Å². The Bertz CT molecular complexity index is 1850. The van der Waals surface area contributed by atoms with Crippen molar-refractivity contribution in [1.82, 2.24) is 14.6 Å². The molecule has 10 heteroatoms. The van der Waals surface area contributed by atoms with Crippen molar-refractivity contribution in [2.24, 2.45) is 0 Å². The summed E-state index contributed by atoms with van der Waals surface area (Å²) in [5.74, 6) is 0.290. The minimum atomic E-state index is -1.03. The van der Waals surface area contributed by atoms with E-state index in [1.165, 1.54) is 12.1 Å². The molecule has 0 N–H and O–H groups in total. The van der Waals surface area contributed by atoms with E-state index in [1.807, 2.05) is 69.5 Å². The highest BCUT2D eigenvalue weighted by molar-refractivity contribution is 5.81. The summed E-state index contributed by atoms with van der Waals surface area (Å²) in [6.45, 7) is 23.0. The van der Waals surface area contributed by atoms with E-state index in [2.05, 4.69) is 25.0 Å². The molecule has 3 heterocycles. The molecule has 4 aromatic rings. The average Bonchev–Trinajstić information content (AvgIpc) is 3.50. The summed E-state index contributed by atoms with van der Waals surface area (Å²) >= 11 is 0. The number of carbonyl (C=O) groups excluding carboxylic acids is 1. The molecule has 0 unspecified atom stereocenters. The lowest BCUT2D eigenvalue weighted by molar-refractivity contribution is -0.166. The molecule has 0 aliphatic carbocycles. The predicted molar refractivity (Wildman–Crippen MR) is 195 cm³/mol. The lowest BCUT2D eigenvalue weighted by atomic mass is 9.92. The van der Waals surface area contributed by atoms with Crippen LogP contribution in [0.3, 0.4) is 0 Å². The number of rotatable bonds is 13. The molecule has 2 aromatic heterocycles. The number of anilines is 1. The number of aryl methyl sites for hydroxylation is 1. The second-order valence-corrected chi connectivity index (χ2v) is 13.9. The molecule has 266 valence electrons. The highest BCUT2D eigenvalue weighted by Crippen LogP contribution is 2.39. The molecule has 1 aliphatic heterocycles. The Balaban J connectivity index is 1.65. The van der Waals surface area contributed by atoms with Gasteiger partial charge in [0.15, 0.2) is 11.8 Å². The van der Waals surface area contributed by atoms with Crippen molar-refractivity contribution in [3.8, 4) is 28.1 Å². The van der Waals surface area contributed by atoms with Crippen LogP contribution in [0.5, 0.6) is 5.75 Å². The standard InChI is InChI=1S/C40H49FN4O5/c1-10-22-48-40(9)18-20-44(21-19-40)37-35(36(38(46)47-12-3)50-39(6,7)8)27(5)42-34-25-32(43-45(34)37)29-15-13-14-28(23-29)31-17-16-30(41)24-33(31)49-26(4)11-2/h10-11,13-17,23-26,36H,1-2,12,18-22H2,3-9H3/t26-,36-/m0/s1. The van der Waals surface area contributed by atoms with Crippen LogP contribution >= 0.6 is 0 Å². The summed E-state index contributed by atoms with van der Waals surface area (Å²) < 4.78 is 40.3. The highest BCUT2D eigenvalue weighted by atomic mass is 19.1. The van der Waals surface area contributed by atoms with Crippen molar-refractivity contribution in [2.45, 2.75) is 84.7 Å². The summed E-state index contributed by atoms with van der Waals surface area (Å²) in [6, 6.07) is 14.3. The molecule has 5 rings (SSSR count). The summed E-state index contributed by atoms with van der Waals surface area (Å²) in [4.78, 5) is 20.8. The van der Waals surface area contributed by atoms with E-state index >= 15 is 0 Å². The number of hydrogen-bond acceptors (Lipinski definition) is 8. The van der Waals surface area contributed by atoms with Gasteiger partial charge in [-0.3, -0.25) is 0 Å². The lowest BCUT2D eigenvalue weighted by Crippen LogP contribution is -2.45. The second kappa shape index (κ2) is 15.1. The van der Waals surface area contributed by atoms with Gasteiger partial charge in [-0.2, -0.15) is 9.61 Å². The molecule has 0 saturated carbocycles. The van der Waals surface area contributed by atoms with E-state index in [1.54, 1.807) is 25.1 Å². The maximum absolute atomic E-state index is 14.3. The van der Waals surface area contributed by atoms with Crippen LogP contribution in [-0.4, -0.2) is 64.2 Å². The van der Waals surface area contributed by atoms with E-state index in [9.17, 15) is 9.18 Å². The van der Waals surface area contributed by atoms with Crippen LogP contribution in [0.4, 0.5) is 10.2 Å². The van der Waals surface area contributed by atoms with Crippen LogP contribution in [0.1, 0.15) is 71.7 Å². The molecule has 0 radical (unpaired) electrons. The van der Waals surface area contributed by atoms with Crippen molar-refractivity contribution < 1.29 is 28.1 Å². The number of hydrogen-bond donors (Lipinski definition) is 0. The average molecular weight is 685 g/mol. The van der Waals surface area contributed by atoms with Crippen LogP contribution in [0.2, 0.25) is 0 Å². The third-order valence-electron chi connectivity index (χ3n) is 8.77. The van der Waals surface area contributed by atoms with Gasteiger partial charge in [0, 0.05) is 42.0 Å². The number of aromatic nitrogens is 3. The molecule has 2 atom stereocenters. The molecule has 50 heavy (non-hydrogen) atoms. The topological polar surface area (TPSA) is 87.4 Å². The number of ether oxygens (including phenoxy) is 4. The molecule has 0 amide bonds. The monoisotopic (exact) mass is 684 g/mol. The zero-order valence-electron chi connectivity index (χ0n) is 30.3. The Labute approximate surface area is 294 Å². The van der Waals surface area contributed by atoms with Crippen molar-refractivity contribution in [3.05, 3.63) is 90.9 Å². The first kappa shape index (κ1) is 36.7. The molecule has 0 spiro atoms. The molecule has 9 nitrogen and oxygen atoms in total. The maximum atomic E-state index is 14.3. The number of piperidine rings is 1. The van der Waals surface area contributed by atoms with Gasteiger partial charge in [0.1, 0.15) is 23.5 Å². The molecule has 1 fully saturated rings. The highest BCUT2D eigenvalue weighted by Gasteiger charge is 2.38. The van der Waals surface area contributed by atoms with Crippen LogP contribution in [0.15, 0.2) is 73.8 Å².